The Hall–Kier alpha value is -0.840. The van der Waals surface area contributed by atoms with E-state index in [-0.39, 0.29) is 0 Å². The van der Waals surface area contributed by atoms with Gasteiger partial charge in [-0.05, 0) is 45.5 Å². The zero-order valence-corrected chi connectivity index (χ0v) is 12.8. The van der Waals surface area contributed by atoms with Crippen LogP contribution in [0.2, 0.25) is 0 Å². The van der Waals surface area contributed by atoms with Crippen molar-refractivity contribution in [3.63, 3.8) is 0 Å². The highest BCUT2D eigenvalue weighted by molar-refractivity contribution is 5.20. The first kappa shape index (κ1) is 16.2. The third-order valence-electron chi connectivity index (χ3n) is 3.03. The molecule has 0 aliphatic heterocycles. The molecule has 0 saturated heterocycles. The van der Waals surface area contributed by atoms with E-state index in [1.54, 1.807) is 0 Å². The molecule has 0 bridgehead atoms. The van der Waals surface area contributed by atoms with Crippen LogP contribution >= 0.6 is 0 Å². The van der Waals surface area contributed by atoms with Crippen molar-refractivity contribution >= 4 is 0 Å². The van der Waals surface area contributed by atoms with Gasteiger partial charge >= 0.3 is 0 Å². The van der Waals surface area contributed by atoms with Gasteiger partial charge in [-0.2, -0.15) is 0 Å². The second-order valence-corrected chi connectivity index (χ2v) is 4.93. The fourth-order valence-corrected chi connectivity index (χ4v) is 1.93. The minimum absolute atomic E-state index is 0.775. The normalized spacial score (nSPS) is 11.4. The number of hydrogen-bond donors (Lipinski definition) is 1. The Labute approximate surface area is 117 Å². The molecular weight excluding hydrogens is 240 g/mol. The molecule has 1 heterocycles. The Morgan fingerprint density at radius 2 is 2.16 bits per heavy atom. The molecular formula is C15H28N2O2. The van der Waals surface area contributed by atoms with Gasteiger partial charge in [-0.3, -0.25) is 4.90 Å². The van der Waals surface area contributed by atoms with Crippen LogP contribution in [0, 0.1) is 6.92 Å². The highest BCUT2D eigenvalue weighted by Gasteiger charge is 2.09. The van der Waals surface area contributed by atoms with Crippen molar-refractivity contribution in [1.82, 2.24) is 10.2 Å². The summed E-state index contributed by atoms with van der Waals surface area (Å²) in [4.78, 5) is 2.22. The molecule has 0 spiro atoms. The van der Waals surface area contributed by atoms with E-state index < -0.39 is 0 Å². The van der Waals surface area contributed by atoms with Crippen molar-refractivity contribution in [3.05, 3.63) is 23.2 Å². The number of nitrogens with zero attached hydrogens (tertiary/aromatic N) is 1. The van der Waals surface area contributed by atoms with Gasteiger partial charge in [0.25, 0.3) is 0 Å². The first-order valence-corrected chi connectivity index (χ1v) is 7.22. The van der Waals surface area contributed by atoms with Gasteiger partial charge in [0.15, 0.2) is 0 Å². The molecule has 0 atom stereocenters. The predicted octanol–water partition coefficient (Wildman–Crippen LogP) is 2.56. The van der Waals surface area contributed by atoms with E-state index in [1.165, 1.54) is 5.56 Å². The number of furan rings is 1. The van der Waals surface area contributed by atoms with Gasteiger partial charge in [0, 0.05) is 13.2 Å². The van der Waals surface area contributed by atoms with Crippen molar-refractivity contribution < 1.29 is 9.15 Å². The van der Waals surface area contributed by atoms with Crippen molar-refractivity contribution in [1.29, 1.82) is 0 Å². The topological polar surface area (TPSA) is 37.6 Å². The van der Waals surface area contributed by atoms with E-state index in [9.17, 15) is 0 Å². The molecule has 0 saturated carbocycles. The first-order valence-electron chi connectivity index (χ1n) is 7.22. The molecule has 1 aromatic heterocycles. The van der Waals surface area contributed by atoms with Crippen molar-refractivity contribution in [3.8, 4) is 0 Å². The third kappa shape index (κ3) is 6.23. The van der Waals surface area contributed by atoms with E-state index in [0.717, 1.165) is 57.3 Å². The number of hydrogen-bond acceptors (Lipinski definition) is 4. The number of likely N-dealkylation sites (N-methyl/N-ethyl adjacent to an activating group) is 1. The van der Waals surface area contributed by atoms with Gasteiger partial charge in [0.1, 0.15) is 11.5 Å². The molecule has 0 unspecified atom stereocenters. The number of ether oxygens (including phenoxy) is 1. The van der Waals surface area contributed by atoms with E-state index >= 15 is 0 Å². The molecule has 110 valence electrons. The van der Waals surface area contributed by atoms with E-state index in [1.807, 2.05) is 6.92 Å². The fraction of sp³-hybridized carbons (Fsp3) is 0.733. The monoisotopic (exact) mass is 268 g/mol. The Bertz CT molecular complexity index is 350. The first-order chi connectivity index (χ1) is 9.17. The highest BCUT2D eigenvalue weighted by Crippen LogP contribution is 2.15. The third-order valence-corrected chi connectivity index (χ3v) is 3.03. The maximum absolute atomic E-state index is 5.89. The average molecular weight is 268 g/mol. The van der Waals surface area contributed by atoms with Crippen LogP contribution in [0.3, 0.4) is 0 Å². The summed E-state index contributed by atoms with van der Waals surface area (Å²) < 4.78 is 11.2. The van der Waals surface area contributed by atoms with Gasteiger partial charge in [-0.15, -0.1) is 0 Å². The largest absolute Gasteiger partial charge is 0.463 e. The molecule has 19 heavy (non-hydrogen) atoms. The number of rotatable bonds is 10. The smallest absolute Gasteiger partial charge is 0.120 e. The molecule has 0 aliphatic rings. The van der Waals surface area contributed by atoms with Crippen LogP contribution in [0.5, 0.6) is 0 Å². The summed E-state index contributed by atoms with van der Waals surface area (Å²) in [6.45, 7) is 11.5. The Kier molecular flexibility index (Phi) is 7.79. The van der Waals surface area contributed by atoms with Crippen LogP contribution in [0.4, 0.5) is 0 Å². The summed E-state index contributed by atoms with van der Waals surface area (Å²) in [5, 5.41) is 3.37. The van der Waals surface area contributed by atoms with Crippen LogP contribution in [-0.4, -0.2) is 38.3 Å². The maximum Gasteiger partial charge on any atom is 0.120 e. The van der Waals surface area contributed by atoms with Gasteiger partial charge in [0.2, 0.25) is 0 Å². The molecule has 0 aromatic carbocycles. The lowest BCUT2D eigenvalue weighted by molar-refractivity contribution is 0.118. The summed E-state index contributed by atoms with van der Waals surface area (Å²) in [6.07, 6.45) is 1.15. The second-order valence-electron chi connectivity index (χ2n) is 4.93. The van der Waals surface area contributed by atoms with Crippen molar-refractivity contribution in [2.75, 3.05) is 33.4 Å². The summed E-state index contributed by atoms with van der Waals surface area (Å²) in [5.74, 6) is 2.09. The Morgan fingerprint density at radius 3 is 2.84 bits per heavy atom. The number of aryl methyl sites for hydroxylation is 1. The quantitative estimate of drug-likeness (QED) is 0.662. The molecule has 0 amide bonds. The SMILES string of the molecule is CCCNCc1oc(CN(C)CCOCC)cc1C. The summed E-state index contributed by atoms with van der Waals surface area (Å²) in [7, 11) is 2.09. The summed E-state index contributed by atoms with van der Waals surface area (Å²) in [5.41, 5.74) is 1.23. The van der Waals surface area contributed by atoms with Gasteiger partial charge in [-0.1, -0.05) is 6.92 Å². The van der Waals surface area contributed by atoms with Gasteiger partial charge < -0.3 is 14.5 Å². The van der Waals surface area contributed by atoms with Crippen LogP contribution in [0.15, 0.2) is 10.5 Å². The molecule has 1 N–H and O–H groups in total. The fourth-order valence-electron chi connectivity index (χ4n) is 1.93. The minimum atomic E-state index is 0.775. The lowest BCUT2D eigenvalue weighted by Gasteiger charge is -2.14. The Balaban J connectivity index is 2.39. The zero-order chi connectivity index (χ0) is 14.1. The lowest BCUT2D eigenvalue weighted by atomic mass is 10.2. The lowest BCUT2D eigenvalue weighted by Crippen LogP contribution is -2.22. The molecule has 0 aliphatic carbocycles. The van der Waals surface area contributed by atoms with Crippen molar-refractivity contribution in [2.24, 2.45) is 0 Å². The minimum Gasteiger partial charge on any atom is -0.463 e. The van der Waals surface area contributed by atoms with Crippen LogP contribution < -0.4 is 5.32 Å². The summed E-state index contributed by atoms with van der Waals surface area (Å²) in [6, 6.07) is 2.14. The second kappa shape index (κ2) is 9.13. The predicted molar refractivity (Wildman–Crippen MR) is 78.3 cm³/mol. The highest BCUT2D eigenvalue weighted by atomic mass is 16.5. The summed E-state index contributed by atoms with van der Waals surface area (Å²) >= 11 is 0. The maximum atomic E-state index is 5.89. The average Bonchev–Trinajstić information content (AvgIpc) is 2.70. The van der Waals surface area contributed by atoms with E-state index in [4.69, 9.17) is 9.15 Å². The molecule has 0 fully saturated rings. The molecule has 0 radical (unpaired) electrons. The van der Waals surface area contributed by atoms with Crippen molar-refractivity contribution in [2.45, 2.75) is 40.3 Å². The van der Waals surface area contributed by atoms with Crippen LogP contribution in [0.25, 0.3) is 0 Å². The van der Waals surface area contributed by atoms with Crippen LogP contribution in [-0.2, 0) is 17.8 Å². The van der Waals surface area contributed by atoms with E-state index in [2.05, 4.69) is 37.2 Å². The molecule has 4 nitrogen and oxygen atoms in total. The molecule has 1 rings (SSSR count). The van der Waals surface area contributed by atoms with Gasteiger partial charge in [0.05, 0.1) is 19.7 Å². The Morgan fingerprint density at radius 1 is 1.37 bits per heavy atom. The zero-order valence-electron chi connectivity index (χ0n) is 12.8. The van der Waals surface area contributed by atoms with Crippen LogP contribution in [0.1, 0.15) is 37.4 Å². The molecule has 4 heteroatoms. The standard InChI is InChI=1S/C15H28N2O2/c1-5-7-16-11-15-13(3)10-14(19-15)12-17(4)8-9-18-6-2/h10,16H,5-9,11-12H2,1-4H3. The van der Waals surface area contributed by atoms with E-state index in [0.29, 0.717) is 0 Å². The number of nitrogens with one attached hydrogen (secondary N) is 1. The van der Waals surface area contributed by atoms with Gasteiger partial charge in [-0.25, -0.2) is 0 Å². The molecule has 1 aromatic rings.